The number of aromatic nitrogens is 2. The first-order chi connectivity index (χ1) is 11.9. The molecule has 3 rings (SSSR count). The van der Waals surface area contributed by atoms with E-state index in [2.05, 4.69) is 15.5 Å². The number of nitro benzene ring substituents is 1. The third-order valence-corrected chi connectivity index (χ3v) is 4.55. The van der Waals surface area contributed by atoms with E-state index >= 15 is 0 Å². The van der Waals surface area contributed by atoms with Gasteiger partial charge in [0.05, 0.1) is 9.95 Å². The van der Waals surface area contributed by atoms with Crippen LogP contribution in [0.2, 0.25) is 10.0 Å². The molecule has 0 unspecified atom stereocenters. The molecule has 0 saturated heterocycles. The third kappa shape index (κ3) is 3.93. The van der Waals surface area contributed by atoms with Crippen LogP contribution in [0.1, 0.15) is 10.4 Å². The monoisotopic (exact) mass is 394 g/mol. The van der Waals surface area contributed by atoms with Gasteiger partial charge < -0.3 is 0 Å². The molecule has 0 aliphatic rings. The van der Waals surface area contributed by atoms with Gasteiger partial charge in [0.2, 0.25) is 5.13 Å². The van der Waals surface area contributed by atoms with Crippen molar-refractivity contribution in [1.29, 1.82) is 0 Å². The van der Waals surface area contributed by atoms with E-state index in [0.717, 1.165) is 11.3 Å². The Labute approximate surface area is 155 Å². The van der Waals surface area contributed by atoms with Gasteiger partial charge in [0.25, 0.3) is 11.6 Å². The number of nitrogens with one attached hydrogen (secondary N) is 1. The fourth-order valence-corrected chi connectivity index (χ4v) is 3.31. The highest BCUT2D eigenvalue weighted by Gasteiger charge is 2.15. The van der Waals surface area contributed by atoms with Crippen LogP contribution in [0.15, 0.2) is 42.5 Å². The molecule has 0 atom stereocenters. The van der Waals surface area contributed by atoms with Crippen molar-refractivity contribution < 1.29 is 9.72 Å². The number of carbonyl (C=O) groups is 1. The second kappa shape index (κ2) is 7.14. The summed E-state index contributed by atoms with van der Waals surface area (Å²) in [5.41, 5.74) is 0.619. The van der Waals surface area contributed by atoms with Crippen LogP contribution in [0.3, 0.4) is 0 Å². The average molecular weight is 395 g/mol. The van der Waals surface area contributed by atoms with Crippen molar-refractivity contribution >= 4 is 51.3 Å². The molecule has 0 bridgehead atoms. The standard InChI is InChI=1S/C15H8Cl2N4O3S/c16-9-4-5-11(12(17)7-9)14-19-20-15(25-14)18-13(22)8-2-1-3-10(6-8)21(23)24/h1-7H,(H,18,20,22). The van der Waals surface area contributed by atoms with E-state index in [9.17, 15) is 14.9 Å². The number of rotatable bonds is 4. The molecule has 10 heteroatoms. The minimum Gasteiger partial charge on any atom is -0.296 e. The van der Waals surface area contributed by atoms with Gasteiger partial charge in [-0.15, -0.1) is 10.2 Å². The Morgan fingerprint density at radius 1 is 1.16 bits per heavy atom. The van der Waals surface area contributed by atoms with E-state index in [4.69, 9.17) is 23.2 Å². The summed E-state index contributed by atoms with van der Waals surface area (Å²) in [4.78, 5) is 22.4. The summed E-state index contributed by atoms with van der Waals surface area (Å²) in [6.07, 6.45) is 0. The molecule has 1 amide bonds. The minimum atomic E-state index is -0.567. The average Bonchev–Trinajstić information content (AvgIpc) is 3.03. The summed E-state index contributed by atoms with van der Waals surface area (Å²) in [5, 5.41) is 22.9. The van der Waals surface area contributed by atoms with Crippen LogP contribution in [0.5, 0.6) is 0 Å². The normalized spacial score (nSPS) is 10.5. The van der Waals surface area contributed by atoms with Gasteiger partial charge in [0.15, 0.2) is 5.01 Å². The highest BCUT2D eigenvalue weighted by molar-refractivity contribution is 7.18. The highest BCUT2D eigenvalue weighted by atomic mass is 35.5. The van der Waals surface area contributed by atoms with Crippen LogP contribution in [-0.4, -0.2) is 21.0 Å². The van der Waals surface area contributed by atoms with Gasteiger partial charge in [0.1, 0.15) is 0 Å². The summed E-state index contributed by atoms with van der Waals surface area (Å²) >= 11 is 13.1. The maximum Gasteiger partial charge on any atom is 0.270 e. The largest absolute Gasteiger partial charge is 0.296 e. The van der Waals surface area contributed by atoms with Gasteiger partial charge in [-0.25, -0.2) is 0 Å². The first-order valence-electron chi connectivity index (χ1n) is 6.79. The lowest BCUT2D eigenvalue weighted by atomic mass is 10.2. The molecule has 0 saturated carbocycles. The van der Waals surface area contributed by atoms with Crippen LogP contribution in [0, 0.1) is 10.1 Å². The topological polar surface area (TPSA) is 98.0 Å². The Bertz CT molecular complexity index is 977. The zero-order chi connectivity index (χ0) is 18.0. The molecule has 1 aromatic heterocycles. The lowest BCUT2D eigenvalue weighted by Gasteiger charge is -2.01. The van der Waals surface area contributed by atoms with Crippen molar-refractivity contribution in [1.82, 2.24) is 10.2 Å². The van der Waals surface area contributed by atoms with E-state index < -0.39 is 10.8 Å². The van der Waals surface area contributed by atoms with Crippen LogP contribution in [-0.2, 0) is 0 Å². The van der Waals surface area contributed by atoms with Gasteiger partial charge in [-0.05, 0) is 24.3 Å². The maximum atomic E-state index is 12.2. The zero-order valence-corrected chi connectivity index (χ0v) is 14.6. The minimum absolute atomic E-state index is 0.149. The van der Waals surface area contributed by atoms with Gasteiger partial charge in [0, 0.05) is 28.3 Å². The molecule has 0 aliphatic carbocycles. The van der Waals surface area contributed by atoms with Gasteiger partial charge in [-0.1, -0.05) is 40.6 Å². The second-order valence-corrected chi connectivity index (χ2v) is 6.62. The number of carbonyl (C=O) groups excluding carboxylic acids is 1. The number of non-ortho nitro benzene ring substituents is 1. The molecule has 1 heterocycles. The number of hydrogen-bond acceptors (Lipinski definition) is 6. The van der Waals surface area contributed by atoms with Gasteiger partial charge in [-0.2, -0.15) is 0 Å². The fourth-order valence-electron chi connectivity index (χ4n) is 1.98. The smallest absolute Gasteiger partial charge is 0.270 e. The van der Waals surface area contributed by atoms with E-state index in [1.165, 1.54) is 24.3 Å². The maximum absolute atomic E-state index is 12.2. The molecular weight excluding hydrogens is 387 g/mol. The van der Waals surface area contributed by atoms with E-state index in [1.807, 2.05) is 0 Å². The quantitative estimate of drug-likeness (QED) is 0.511. The van der Waals surface area contributed by atoms with Crippen molar-refractivity contribution in [2.45, 2.75) is 0 Å². The van der Waals surface area contributed by atoms with Crippen molar-refractivity contribution in [3.05, 3.63) is 68.2 Å². The van der Waals surface area contributed by atoms with Crippen molar-refractivity contribution in [3.8, 4) is 10.6 Å². The number of benzene rings is 2. The molecule has 0 fully saturated rings. The fraction of sp³-hybridized carbons (Fsp3) is 0. The van der Waals surface area contributed by atoms with Gasteiger partial charge >= 0.3 is 0 Å². The van der Waals surface area contributed by atoms with Crippen LogP contribution >= 0.6 is 34.5 Å². The van der Waals surface area contributed by atoms with Crippen LogP contribution in [0.25, 0.3) is 10.6 Å². The van der Waals surface area contributed by atoms with E-state index in [-0.39, 0.29) is 16.4 Å². The van der Waals surface area contributed by atoms with Gasteiger partial charge in [-0.3, -0.25) is 20.2 Å². The molecule has 0 radical (unpaired) electrons. The number of nitro groups is 1. The number of hydrogen-bond donors (Lipinski definition) is 1. The first kappa shape index (κ1) is 17.3. The van der Waals surface area contributed by atoms with Crippen molar-refractivity contribution in [2.75, 3.05) is 5.32 Å². The Kier molecular flexibility index (Phi) is 4.93. The third-order valence-electron chi connectivity index (χ3n) is 3.13. The number of nitrogens with zero attached hydrogens (tertiary/aromatic N) is 3. The van der Waals surface area contributed by atoms with Crippen LogP contribution < -0.4 is 5.32 Å². The molecule has 25 heavy (non-hydrogen) atoms. The van der Waals surface area contributed by atoms with Crippen LogP contribution in [0.4, 0.5) is 10.8 Å². The molecular formula is C15H8Cl2N4O3S. The summed E-state index contributed by atoms with van der Waals surface area (Å²) in [6, 6.07) is 10.4. The van der Waals surface area contributed by atoms with Crippen molar-refractivity contribution in [2.24, 2.45) is 0 Å². The second-order valence-electron chi connectivity index (χ2n) is 4.80. The van der Waals surface area contributed by atoms with Crippen molar-refractivity contribution in [3.63, 3.8) is 0 Å². The van der Waals surface area contributed by atoms with E-state index in [0.29, 0.717) is 20.6 Å². The molecule has 1 N–H and O–H groups in total. The number of amides is 1. The first-order valence-corrected chi connectivity index (χ1v) is 8.36. The predicted molar refractivity (Wildman–Crippen MR) is 96.4 cm³/mol. The summed E-state index contributed by atoms with van der Waals surface area (Å²) in [5.74, 6) is -0.520. The Balaban J connectivity index is 1.80. The highest BCUT2D eigenvalue weighted by Crippen LogP contribution is 2.33. The van der Waals surface area contributed by atoms with E-state index in [1.54, 1.807) is 18.2 Å². The molecule has 2 aromatic carbocycles. The zero-order valence-electron chi connectivity index (χ0n) is 12.3. The lowest BCUT2D eigenvalue weighted by molar-refractivity contribution is -0.384. The number of halogens is 2. The molecule has 0 spiro atoms. The SMILES string of the molecule is O=C(Nc1nnc(-c2ccc(Cl)cc2Cl)s1)c1cccc([N+](=O)[O-])c1. The molecule has 7 nitrogen and oxygen atoms in total. The predicted octanol–water partition coefficient (Wildman–Crippen LogP) is 4.67. The number of anilines is 1. The summed E-state index contributed by atoms with van der Waals surface area (Å²) in [6.45, 7) is 0. The Hall–Kier alpha value is -2.55. The molecule has 126 valence electrons. The molecule has 0 aliphatic heterocycles. The summed E-state index contributed by atoms with van der Waals surface area (Å²) < 4.78 is 0. The lowest BCUT2D eigenvalue weighted by Crippen LogP contribution is -2.11. The molecule has 3 aromatic rings. The Morgan fingerprint density at radius 2 is 1.96 bits per heavy atom. The Morgan fingerprint density at radius 3 is 2.68 bits per heavy atom. The summed E-state index contributed by atoms with van der Waals surface area (Å²) in [7, 11) is 0.